The van der Waals surface area contributed by atoms with Crippen LogP contribution in [0.4, 0.5) is 10.5 Å². The van der Waals surface area contributed by atoms with E-state index in [1.165, 1.54) is 5.69 Å². The number of carbonyl (C=O) groups excluding carboxylic acids is 1. The molecule has 0 aromatic heterocycles. The quantitative estimate of drug-likeness (QED) is 0.750. The molecule has 24 heavy (non-hydrogen) atoms. The molecule has 2 rings (SSSR count). The average Bonchev–Trinajstić information content (AvgIpc) is 2.53. The third-order valence-electron chi connectivity index (χ3n) is 4.45. The number of aliphatic hydroxyl groups excluding tert-OH is 1. The SMILES string of the molecule is C[C@@H](O)CC(C)(C)CNC(=O)N[C@H]1CCCN(c2ccccc2)C1. The molecule has 2 atom stereocenters. The number of hydrogen-bond acceptors (Lipinski definition) is 3. The van der Waals surface area contributed by atoms with Crippen LogP contribution >= 0.6 is 0 Å². The van der Waals surface area contributed by atoms with Gasteiger partial charge in [0.25, 0.3) is 0 Å². The van der Waals surface area contributed by atoms with Crippen molar-refractivity contribution < 1.29 is 9.90 Å². The Bertz CT molecular complexity index is 517. The van der Waals surface area contributed by atoms with E-state index in [2.05, 4.69) is 41.5 Å². The number of carbonyl (C=O) groups is 1. The van der Waals surface area contributed by atoms with Crippen LogP contribution in [-0.2, 0) is 0 Å². The van der Waals surface area contributed by atoms with Crippen LogP contribution in [0.3, 0.4) is 0 Å². The summed E-state index contributed by atoms with van der Waals surface area (Å²) < 4.78 is 0. The number of benzene rings is 1. The maximum Gasteiger partial charge on any atom is 0.315 e. The topological polar surface area (TPSA) is 64.6 Å². The molecule has 1 aliphatic rings. The van der Waals surface area contributed by atoms with Crippen molar-refractivity contribution >= 4 is 11.7 Å². The number of piperidine rings is 1. The zero-order valence-electron chi connectivity index (χ0n) is 15.1. The van der Waals surface area contributed by atoms with Gasteiger partial charge in [-0.3, -0.25) is 0 Å². The largest absolute Gasteiger partial charge is 0.393 e. The first-order chi connectivity index (χ1) is 11.4. The molecule has 0 radical (unpaired) electrons. The fourth-order valence-corrected chi connectivity index (χ4v) is 3.40. The van der Waals surface area contributed by atoms with Gasteiger partial charge in [-0.15, -0.1) is 0 Å². The molecule has 1 aromatic carbocycles. The van der Waals surface area contributed by atoms with Gasteiger partial charge in [0.15, 0.2) is 0 Å². The zero-order valence-corrected chi connectivity index (χ0v) is 15.1. The summed E-state index contributed by atoms with van der Waals surface area (Å²) in [6.07, 6.45) is 2.39. The third kappa shape index (κ3) is 6.04. The summed E-state index contributed by atoms with van der Waals surface area (Å²) in [5.41, 5.74) is 1.09. The van der Waals surface area contributed by atoms with E-state index >= 15 is 0 Å². The Labute approximate surface area is 145 Å². The lowest BCUT2D eigenvalue weighted by Crippen LogP contribution is -2.51. The molecule has 0 unspecified atom stereocenters. The lowest BCUT2D eigenvalue weighted by molar-refractivity contribution is 0.128. The Morgan fingerprint density at radius 1 is 1.38 bits per heavy atom. The smallest absolute Gasteiger partial charge is 0.315 e. The zero-order chi connectivity index (χ0) is 17.6. The summed E-state index contributed by atoms with van der Waals surface area (Å²) in [5, 5.41) is 15.6. The van der Waals surface area contributed by atoms with Crippen molar-refractivity contribution in [2.75, 3.05) is 24.5 Å². The molecule has 0 saturated carbocycles. The van der Waals surface area contributed by atoms with Crippen LogP contribution in [0, 0.1) is 5.41 Å². The fraction of sp³-hybridized carbons (Fsp3) is 0.632. The molecule has 0 bridgehead atoms. The molecule has 2 amide bonds. The van der Waals surface area contributed by atoms with Gasteiger partial charge in [-0.2, -0.15) is 0 Å². The lowest BCUT2D eigenvalue weighted by atomic mass is 9.87. The summed E-state index contributed by atoms with van der Waals surface area (Å²) in [7, 11) is 0. The van der Waals surface area contributed by atoms with E-state index in [-0.39, 0.29) is 23.6 Å². The highest BCUT2D eigenvalue weighted by molar-refractivity contribution is 5.74. The molecule has 1 fully saturated rings. The van der Waals surface area contributed by atoms with E-state index in [1.807, 2.05) is 18.2 Å². The normalized spacial score (nSPS) is 19.7. The van der Waals surface area contributed by atoms with Crippen molar-refractivity contribution in [2.45, 2.75) is 52.2 Å². The van der Waals surface area contributed by atoms with Crippen LogP contribution in [0.1, 0.15) is 40.0 Å². The summed E-state index contributed by atoms with van der Waals surface area (Å²) in [5.74, 6) is 0. The first-order valence-corrected chi connectivity index (χ1v) is 8.88. The Balaban J connectivity index is 1.79. The van der Waals surface area contributed by atoms with Gasteiger partial charge >= 0.3 is 6.03 Å². The van der Waals surface area contributed by atoms with E-state index in [9.17, 15) is 9.90 Å². The average molecular weight is 333 g/mol. The van der Waals surface area contributed by atoms with Gasteiger partial charge in [0, 0.05) is 31.4 Å². The first-order valence-electron chi connectivity index (χ1n) is 8.88. The van der Waals surface area contributed by atoms with Crippen molar-refractivity contribution in [1.82, 2.24) is 10.6 Å². The van der Waals surface area contributed by atoms with Crippen LogP contribution < -0.4 is 15.5 Å². The van der Waals surface area contributed by atoms with E-state index in [0.717, 1.165) is 25.9 Å². The number of rotatable bonds is 6. The molecule has 0 aliphatic carbocycles. The summed E-state index contributed by atoms with van der Waals surface area (Å²) in [6.45, 7) is 8.32. The van der Waals surface area contributed by atoms with E-state index in [4.69, 9.17) is 0 Å². The van der Waals surface area contributed by atoms with Gasteiger partial charge in [0.1, 0.15) is 0 Å². The summed E-state index contributed by atoms with van der Waals surface area (Å²) in [4.78, 5) is 14.5. The Kier molecular flexibility index (Phi) is 6.49. The lowest BCUT2D eigenvalue weighted by Gasteiger charge is -2.35. The maximum absolute atomic E-state index is 12.2. The van der Waals surface area contributed by atoms with Crippen molar-refractivity contribution in [3.05, 3.63) is 30.3 Å². The van der Waals surface area contributed by atoms with E-state index in [0.29, 0.717) is 13.0 Å². The Morgan fingerprint density at radius 3 is 2.75 bits per heavy atom. The molecule has 1 saturated heterocycles. The Hall–Kier alpha value is -1.75. The molecule has 1 heterocycles. The van der Waals surface area contributed by atoms with Gasteiger partial charge in [-0.05, 0) is 43.7 Å². The number of anilines is 1. The molecule has 1 aliphatic heterocycles. The van der Waals surface area contributed by atoms with Crippen LogP contribution in [0.5, 0.6) is 0 Å². The molecule has 0 spiro atoms. The highest BCUT2D eigenvalue weighted by atomic mass is 16.3. The summed E-state index contributed by atoms with van der Waals surface area (Å²) >= 11 is 0. The molecule has 5 nitrogen and oxygen atoms in total. The number of nitrogens with one attached hydrogen (secondary N) is 2. The van der Waals surface area contributed by atoms with Gasteiger partial charge in [0.2, 0.25) is 0 Å². The van der Waals surface area contributed by atoms with Gasteiger partial charge in [-0.25, -0.2) is 4.79 Å². The second-order valence-electron chi connectivity index (χ2n) is 7.67. The molecule has 134 valence electrons. The highest BCUT2D eigenvalue weighted by Crippen LogP contribution is 2.21. The van der Waals surface area contributed by atoms with Crippen LogP contribution in [0.15, 0.2) is 30.3 Å². The predicted octanol–water partition coefficient (Wildman–Crippen LogP) is 2.75. The van der Waals surface area contributed by atoms with Crippen molar-refractivity contribution in [1.29, 1.82) is 0 Å². The van der Waals surface area contributed by atoms with Crippen molar-refractivity contribution in [3.63, 3.8) is 0 Å². The minimum atomic E-state index is -0.359. The number of nitrogens with zero attached hydrogens (tertiary/aromatic N) is 1. The number of para-hydroxylation sites is 1. The van der Waals surface area contributed by atoms with Crippen LogP contribution in [-0.4, -0.2) is 42.9 Å². The van der Waals surface area contributed by atoms with E-state index in [1.54, 1.807) is 6.92 Å². The van der Waals surface area contributed by atoms with Crippen molar-refractivity contribution in [2.24, 2.45) is 5.41 Å². The molecule has 1 aromatic rings. The Morgan fingerprint density at radius 2 is 2.08 bits per heavy atom. The first kappa shape index (κ1) is 18.6. The molecule has 3 N–H and O–H groups in total. The number of urea groups is 1. The van der Waals surface area contributed by atoms with E-state index < -0.39 is 0 Å². The number of hydrogen-bond donors (Lipinski definition) is 3. The van der Waals surface area contributed by atoms with Crippen LogP contribution in [0.2, 0.25) is 0 Å². The standard InChI is InChI=1S/C19H31N3O2/c1-15(23)12-19(2,3)14-20-18(24)21-16-8-7-11-22(13-16)17-9-5-4-6-10-17/h4-6,9-10,15-16,23H,7-8,11-14H2,1-3H3,(H2,20,21,24)/t15-,16+/m1/s1. The molecular formula is C19H31N3O2. The van der Waals surface area contributed by atoms with Gasteiger partial charge in [0.05, 0.1) is 6.10 Å². The fourth-order valence-electron chi connectivity index (χ4n) is 3.40. The monoisotopic (exact) mass is 333 g/mol. The minimum Gasteiger partial charge on any atom is -0.393 e. The van der Waals surface area contributed by atoms with Crippen LogP contribution in [0.25, 0.3) is 0 Å². The van der Waals surface area contributed by atoms with Gasteiger partial charge < -0.3 is 20.6 Å². The van der Waals surface area contributed by atoms with Gasteiger partial charge in [-0.1, -0.05) is 32.0 Å². The number of amides is 2. The molecular weight excluding hydrogens is 302 g/mol. The third-order valence-corrected chi connectivity index (χ3v) is 4.45. The molecule has 5 heteroatoms. The summed E-state index contributed by atoms with van der Waals surface area (Å²) in [6, 6.07) is 10.4. The minimum absolute atomic E-state index is 0.117. The predicted molar refractivity (Wildman–Crippen MR) is 98.3 cm³/mol. The highest BCUT2D eigenvalue weighted by Gasteiger charge is 2.24. The maximum atomic E-state index is 12.2. The van der Waals surface area contributed by atoms with Crippen molar-refractivity contribution in [3.8, 4) is 0 Å². The number of aliphatic hydroxyl groups is 1. The second kappa shape index (κ2) is 8.38. The second-order valence-corrected chi connectivity index (χ2v) is 7.67.